The Balaban J connectivity index is 2.17. The van der Waals surface area contributed by atoms with Crippen molar-refractivity contribution in [3.8, 4) is 11.3 Å². The number of fused-ring (bicyclic) bond motifs is 1. The van der Waals surface area contributed by atoms with E-state index < -0.39 is 0 Å². The lowest BCUT2D eigenvalue weighted by atomic mass is 10.1. The second-order valence-corrected chi connectivity index (χ2v) is 4.35. The molecule has 2 heterocycles. The molecule has 0 bridgehead atoms. The van der Waals surface area contributed by atoms with Gasteiger partial charge in [-0.15, -0.1) is 11.3 Å². The molecule has 0 saturated heterocycles. The van der Waals surface area contributed by atoms with Crippen LogP contribution in [-0.2, 0) is 6.54 Å². The fraction of sp³-hybridized carbons (Fsp3) is 0.154. The molecule has 79 valence electrons. The van der Waals surface area contributed by atoms with Gasteiger partial charge in [-0.3, -0.25) is 0 Å². The van der Waals surface area contributed by atoms with Gasteiger partial charge in [0.15, 0.2) is 5.51 Å². The van der Waals surface area contributed by atoms with Gasteiger partial charge in [0.1, 0.15) is 0 Å². The first kappa shape index (κ1) is 9.60. The Hall–Kier alpha value is -1.61. The molecule has 3 heteroatoms. The number of nitrogens with zero attached hydrogens (tertiary/aromatic N) is 2. The minimum Gasteiger partial charge on any atom is -0.348 e. The van der Waals surface area contributed by atoms with E-state index in [0.717, 1.165) is 12.2 Å². The van der Waals surface area contributed by atoms with Crippen molar-refractivity contribution < 1.29 is 0 Å². The molecule has 0 amide bonds. The topological polar surface area (TPSA) is 17.8 Å². The molecule has 0 aliphatic heterocycles. The van der Waals surface area contributed by atoms with E-state index in [-0.39, 0.29) is 0 Å². The van der Waals surface area contributed by atoms with Crippen LogP contribution >= 0.6 is 11.3 Å². The minimum atomic E-state index is 1.01. The van der Waals surface area contributed by atoms with Crippen LogP contribution in [0.3, 0.4) is 0 Å². The average Bonchev–Trinajstić information content (AvgIpc) is 2.97. The highest BCUT2D eigenvalue weighted by Crippen LogP contribution is 2.24. The van der Waals surface area contributed by atoms with E-state index in [1.807, 2.05) is 5.38 Å². The lowest BCUT2D eigenvalue weighted by Gasteiger charge is -2.01. The van der Waals surface area contributed by atoms with Gasteiger partial charge in [0.2, 0.25) is 0 Å². The summed E-state index contributed by atoms with van der Waals surface area (Å²) in [5.41, 5.74) is 6.34. The molecule has 0 spiro atoms. The van der Waals surface area contributed by atoms with Crippen molar-refractivity contribution in [2.24, 2.45) is 0 Å². The van der Waals surface area contributed by atoms with Gasteiger partial charge < -0.3 is 4.57 Å². The first-order valence-corrected chi connectivity index (χ1v) is 6.17. The summed E-state index contributed by atoms with van der Waals surface area (Å²) in [6.45, 7) is 3.16. The molecular formula is C13H11N2S. The predicted molar refractivity (Wildman–Crippen MR) is 67.6 cm³/mol. The SMILES string of the molecule is CCn1ccc2cc(-c3cs[c]n3)ccc21. The molecule has 2 aromatic heterocycles. The lowest BCUT2D eigenvalue weighted by molar-refractivity contribution is 0.798. The summed E-state index contributed by atoms with van der Waals surface area (Å²) in [4.78, 5) is 4.21. The van der Waals surface area contributed by atoms with Crippen molar-refractivity contribution in [2.45, 2.75) is 13.5 Å². The van der Waals surface area contributed by atoms with Crippen molar-refractivity contribution in [2.75, 3.05) is 0 Å². The Kier molecular flexibility index (Phi) is 2.26. The van der Waals surface area contributed by atoms with Crippen LogP contribution in [-0.4, -0.2) is 9.55 Å². The van der Waals surface area contributed by atoms with Gasteiger partial charge in [-0.05, 0) is 25.1 Å². The molecule has 3 aromatic rings. The second kappa shape index (κ2) is 3.76. The zero-order valence-electron chi connectivity index (χ0n) is 8.97. The Morgan fingerprint density at radius 1 is 1.38 bits per heavy atom. The molecule has 1 radical (unpaired) electrons. The fourth-order valence-corrected chi connectivity index (χ4v) is 2.46. The second-order valence-electron chi connectivity index (χ2n) is 3.70. The number of aromatic nitrogens is 2. The zero-order chi connectivity index (χ0) is 11.0. The minimum absolute atomic E-state index is 1.01. The number of benzene rings is 1. The molecule has 3 rings (SSSR count). The molecule has 16 heavy (non-hydrogen) atoms. The summed E-state index contributed by atoms with van der Waals surface area (Å²) in [7, 11) is 0. The van der Waals surface area contributed by atoms with Gasteiger partial charge in [-0.25, -0.2) is 4.98 Å². The lowest BCUT2D eigenvalue weighted by Crippen LogP contribution is -1.90. The van der Waals surface area contributed by atoms with E-state index in [0.29, 0.717) is 0 Å². The number of aryl methyl sites for hydroxylation is 1. The highest BCUT2D eigenvalue weighted by Gasteiger charge is 2.03. The van der Waals surface area contributed by atoms with Crippen LogP contribution in [0, 0.1) is 5.51 Å². The zero-order valence-corrected chi connectivity index (χ0v) is 9.79. The third-order valence-electron chi connectivity index (χ3n) is 2.80. The first-order valence-electron chi connectivity index (χ1n) is 5.29. The summed E-state index contributed by atoms with van der Waals surface area (Å²) in [5.74, 6) is 0. The van der Waals surface area contributed by atoms with E-state index in [4.69, 9.17) is 0 Å². The summed E-state index contributed by atoms with van der Waals surface area (Å²) < 4.78 is 2.24. The molecule has 0 fully saturated rings. The van der Waals surface area contributed by atoms with E-state index in [1.54, 1.807) is 0 Å². The summed E-state index contributed by atoms with van der Waals surface area (Å²) >= 11 is 1.51. The van der Waals surface area contributed by atoms with Crippen molar-refractivity contribution >= 4 is 22.2 Å². The summed E-state index contributed by atoms with van der Waals surface area (Å²) in [6.07, 6.45) is 2.13. The van der Waals surface area contributed by atoms with E-state index in [9.17, 15) is 0 Å². The molecular weight excluding hydrogens is 216 g/mol. The molecule has 0 aliphatic rings. The number of hydrogen-bond acceptors (Lipinski definition) is 2. The maximum Gasteiger partial charge on any atom is 0.152 e. The van der Waals surface area contributed by atoms with Gasteiger partial charge in [-0.2, -0.15) is 0 Å². The molecule has 0 saturated carbocycles. The fourth-order valence-electron chi connectivity index (χ4n) is 1.95. The molecule has 0 atom stereocenters. The first-order chi connectivity index (χ1) is 7.88. The molecule has 0 aliphatic carbocycles. The molecule has 2 nitrogen and oxygen atoms in total. The molecule has 0 unspecified atom stereocenters. The van der Waals surface area contributed by atoms with Crippen LogP contribution < -0.4 is 0 Å². The Bertz CT molecular complexity index is 608. The summed E-state index contributed by atoms with van der Waals surface area (Å²) in [5, 5.41) is 3.30. The third-order valence-corrected chi connectivity index (χ3v) is 3.33. The Labute approximate surface area is 98.2 Å². The highest BCUT2D eigenvalue weighted by atomic mass is 32.1. The van der Waals surface area contributed by atoms with Crippen LogP contribution in [0.4, 0.5) is 0 Å². The smallest absolute Gasteiger partial charge is 0.152 e. The van der Waals surface area contributed by atoms with E-state index >= 15 is 0 Å². The van der Waals surface area contributed by atoms with Crippen molar-refractivity contribution in [3.05, 3.63) is 41.4 Å². The number of rotatable bonds is 2. The Morgan fingerprint density at radius 2 is 2.31 bits per heavy atom. The van der Waals surface area contributed by atoms with Gasteiger partial charge in [-0.1, -0.05) is 6.07 Å². The van der Waals surface area contributed by atoms with Crippen molar-refractivity contribution in [1.29, 1.82) is 0 Å². The summed E-state index contributed by atoms with van der Waals surface area (Å²) in [6, 6.07) is 8.62. The van der Waals surface area contributed by atoms with E-state index in [1.165, 1.54) is 27.8 Å². The van der Waals surface area contributed by atoms with Crippen molar-refractivity contribution in [1.82, 2.24) is 9.55 Å². The van der Waals surface area contributed by atoms with Crippen LogP contribution in [0.2, 0.25) is 0 Å². The normalized spacial score (nSPS) is 11.1. The molecule has 0 N–H and O–H groups in total. The monoisotopic (exact) mass is 227 g/mol. The van der Waals surface area contributed by atoms with Crippen LogP contribution in [0.15, 0.2) is 35.8 Å². The van der Waals surface area contributed by atoms with Gasteiger partial charge in [0.05, 0.1) is 5.69 Å². The van der Waals surface area contributed by atoms with Crippen LogP contribution in [0.25, 0.3) is 22.2 Å². The Morgan fingerprint density at radius 3 is 3.06 bits per heavy atom. The maximum atomic E-state index is 4.21. The number of thiazole rings is 1. The van der Waals surface area contributed by atoms with Gasteiger partial charge in [0.25, 0.3) is 0 Å². The predicted octanol–water partition coefficient (Wildman–Crippen LogP) is 3.58. The van der Waals surface area contributed by atoms with E-state index in [2.05, 4.69) is 52.4 Å². The molecule has 1 aromatic carbocycles. The quantitative estimate of drug-likeness (QED) is 0.654. The largest absolute Gasteiger partial charge is 0.348 e. The van der Waals surface area contributed by atoms with Gasteiger partial charge >= 0.3 is 0 Å². The van der Waals surface area contributed by atoms with Crippen LogP contribution in [0.5, 0.6) is 0 Å². The number of hydrogen-bond donors (Lipinski definition) is 0. The highest BCUT2D eigenvalue weighted by molar-refractivity contribution is 7.07. The maximum absolute atomic E-state index is 4.21. The average molecular weight is 227 g/mol. The van der Waals surface area contributed by atoms with Gasteiger partial charge in [0, 0.05) is 34.6 Å². The standard InChI is InChI=1S/C13H11N2S/c1-2-15-6-5-11-7-10(3-4-13(11)15)12-8-16-9-14-12/h3-8H,2H2,1H3. The van der Waals surface area contributed by atoms with Crippen LogP contribution in [0.1, 0.15) is 6.92 Å². The van der Waals surface area contributed by atoms with Crippen molar-refractivity contribution in [3.63, 3.8) is 0 Å². The third kappa shape index (κ3) is 1.44.